The smallest absolute Gasteiger partial charge is 0.254 e. The van der Waals surface area contributed by atoms with Crippen LogP contribution in [0.1, 0.15) is 16.8 Å². The number of carbonyl (C=O) groups excluding carboxylic acids is 2. The molecule has 0 saturated carbocycles. The number of amides is 2. The van der Waals surface area contributed by atoms with Crippen LogP contribution < -0.4 is 16.4 Å². The lowest BCUT2D eigenvalue weighted by atomic mass is 10.2. The Morgan fingerprint density at radius 1 is 1.50 bits per heavy atom. The number of nitrogens with zero attached hydrogens (tertiary/aromatic N) is 1. The second-order valence-electron chi connectivity index (χ2n) is 3.14. The van der Waals surface area contributed by atoms with E-state index in [2.05, 4.69) is 15.6 Å². The summed E-state index contributed by atoms with van der Waals surface area (Å²) < 4.78 is 0. The maximum atomic E-state index is 11.6. The molecule has 0 aliphatic rings. The van der Waals surface area contributed by atoms with E-state index in [0.717, 1.165) is 0 Å². The molecule has 4 N–H and O–H groups in total. The summed E-state index contributed by atoms with van der Waals surface area (Å²) in [5.41, 5.74) is 6.29. The average molecular weight is 222 g/mol. The van der Waals surface area contributed by atoms with Crippen molar-refractivity contribution in [1.82, 2.24) is 15.6 Å². The van der Waals surface area contributed by atoms with Crippen molar-refractivity contribution in [3.63, 3.8) is 0 Å². The van der Waals surface area contributed by atoms with Crippen molar-refractivity contribution in [2.75, 3.05) is 19.3 Å². The van der Waals surface area contributed by atoms with Crippen LogP contribution in [0, 0.1) is 0 Å². The van der Waals surface area contributed by atoms with Gasteiger partial charge in [0.05, 0.1) is 5.56 Å². The lowest BCUT2D eigenvalue weighted by Crippen LogP contribution is -2.29. The van der Waals surface area contributed by atoms with Gasteiger partial charge < -0.3 is 16.4 Å². The van der Waals surface area contributed by atoms with E-state index in [0.29, 0.717) is 11.3 Å². The van der Waals surface area contributed by atoms with Gasteiger partial charge in [-0.15, -0.1) is 0 Å². The van der Waals surface area contributed by atoms with Crippen molar-refractivity contribution in [3.8, 4) is 0 Å². The lowest BCUT2D eigenvalue weighted by Gasteiger charge is -2.06. The van der Waals surface area contributed by atoms with Gasteiger partial charge >= 0.3 is 0 Å². The number of hydrogen-bond donors (Lipinski definition) is 3. The first-order chi connectivity index (χ1) is 7.65. The number of rotatable bonds is 4. The summed E-state index contributed by atoms with van der Waals surface area (Å²) in [4.78, 5) is 26.3. The molecule has 0 aliphatic heterocycles. The standard InChI is InChI=1S/C10H14N4O2/c1-12-9(15)3-5-14-10(16)7-6-13-4-2-8(7)11/h2,4,6H,3,5H2,1H3,(H2,11,13)(H,12,15)(H,14,16). The zero-order chi connectivity index (χ0) is 12.0. The van der Waals surface area contributed by atoms with Gasteiger partial charge in [-0.25, -0.2) is 0 Å². The summed E-state index contributed by atoms with van der Waals surface area (Å²) in [6, 6.07) is 1.55. The summed E-state index contributed by atoms with van der Waals surface area (Å²) in [7, 11) is 1.54. The van der Waals surface area contributed by atoms with Crippen LogP contribution in [0.3, 0.4) is 0 Å². The highest BCUT2D eigenvalue weighted by Crippen LogP contribution is 2.07. The number of carbonyl (C=O) groups is 2. The van der Waals surface area contributed by atoms with E-state index in [4.69, 9.17) is 5.73 Å². The number of nitrogen functional groups attached to an aromatic ring is 1. The summed E-state index contributed by atoms with van der Waals surface area (Å²) in [6.07, 6.45) is 3.14. The zero-order valence-corrected chi connectivity index (χ0v) is 8.99. The summed E-state index contributed by atoms with van der Waals surface area (Å²) in [5.74, 6) is -0.450. The molecule has 2 amide bonds. The predicted octanol–water partition coefficient (Wildman–Crippen LogP) is -0.470. The molecule has 6 heteroatoms. The van der Waals surface area contributed by atoms with Gasteiger partial charge in [-0.3, -0.25) is 14.6 Å². The highest BCUT2D eigenvalue weighted by molar-refractivity contribution is 5.98. The first-order valence-corrected chi connectivity index (χ1v) is 4.83. The minimum absolute atomic E-state index is 0.126. The molecule has 0 bridgehead atoms. The maximum absolute atomic E-state index is 11.6. The largest absolute Gasteiger partial charge is 0.398 e. The molecule has 1 aromatic heterocycles. The molecule has 0 unspecified atom stereocenters. The monoisotopic (exact) mass is 222 g/mol. The minimum atomic E-state index is -0.325. The number of hydrogen-bond acceptors (Lipinski definition) is 4. The molecule has 0 spiro atoms. The van der Waals surface area contributed by atoms with Crippen LogP contribution in [-0.2, 0) is 4.79 Å². The number of nitrogens with two attached hydrogens (primary N) is 1. The third-order valence-corrected chi connectivity index (χ3v) is 2.02. The van der Waals surface area contributed by atoms with Crippen LogP contribution in [0.15, 0.2) is 18.5 Å². The first-order valence-electron chi connectivity index (χ1n) is 4.83. The van der Waals surface area contributed by atoms with Gasteiger partial charge in [0.15, 0.2) is 0 Å². The molecule has 0 radical (unpaired) electrons. The van der Waals surface area contributed by atoms with Crippen molar-refractivity contribution in [1.29, 1.82) is 0 Å². The number of aromatic nitrogens is 1. The van der Waals surface area contributed by atoms with Crippen LogP contribution in [0.4, 0.5) is 5.69 Å². The highest BCUT2D eigenvalue weighted by atomic mass is 16.2. The Labute approximate surface area is 93.2 Å². The Kier molecular flexibility index (Phi) is 4.26. The summed E-state index contributed by atoms with van der Waals surface area (Å²) in [5, 5.41) is 5.05. The molecule has 86 valence electrons. The van der Waals surface area contributed by atoms with Crippen LogP contribution >= 0.6 is 0 Å². The number of nitrogens with one attached hydrogen (secondary N) is 2. The molecule has 1 heterocycles. The van der Waals surface area contributed by atoms with Crippen LogP contribution in [0.5, 0.6) is 0 Å². The van der Waals surface area contributed by atoms with Crippen LogP contribution in [0.25, 0.3) is 0 Å². The van der Waals surface area contributed by atoms with Crippen LogP contribution in [0.2, 0.25) is 0 Å². The van der Waals surface area contributed by atoms with Gasteiger partial charge in [0.1, 0.15) is 0 Å². The molecule has 1 aromatic rings. The maximum Gasteiger partial charge on any atom is 0.254 e. The molecule has 16 heavy (non-hydrogen) atoms. The fourth-order valence-corrected chi connectivity index (χ4v) is 1.10. The van der Waals surface area contributed by atoms with Gasteiger partial charge in [-0.2, -0.15) is 0 Å². The Morgan fingerprint density at radius 3 is 2.88 bits per heavy atom. The molecule has 0 atom stereocenters. The predicted molar refractivity (Wildman–Crippen MR) is 59.7 cm³/mol. The molecule has 0 aromatic carbocycles. The van der Waals surface area contributed by atoms with Crippen molar-refractivity contribution in [2.45, 2.75) is 6.42 Å². The van der Waals surface area contributed by atoms with E-state index in [9.17, 15) is 9.59 Å². The van der Waals surface area contributed by atoms with Crippen LogP contribution in [-0.4, -0.2) is 30.4 Å². The Balaban J connectivity index is 2.47. The fourth-order valence-electron chi connectivity index (χ4n) is 1.10. The number of pyridine rings is 1. The molecule has 1 rings (SSSR count). The molecule has 0 saturated heterocycles. The van der Waals surface area contributed by atoms with Gasteiger partial charge in [0, 0.05) is 38.1 Å². The number of anilines is 1. The second kappa shape index (κ2) is 5.69. The second-order valence-corrected chi connectivity index (χ2v) is 3.14. The molecular weight excluding hydrogens is 208 g/mol. The first kappa shape index (κ1) is 12.0. The molecule has 0 fully saturated rings. The van der Waals surface area contributed by atoms with Gasteiger partial charge in [-0.05, 0) is 6.07 Å². The fraction of sp³-hybridized carbons (Fsp3) is 0.300. The highest BCUT2D eigenvalue weighted by Gasteiger charge is 2.09. The van der Waals surface area contributed by atoms with Gasteiger partial charge in [0.25, 0.3) is 5.91 Å². The topological polar surface area (TPSA) is 97.1 Å². The van der Waals surface area contributed by atoms with Crippen molar-refractivity contribution < 1.29 is 9.59 Å². The quantitative estimate of drug-likeness (QED) is 0.641. The lowest BCUT2D eigenvalue weighted by molar-refractivity contribution is -0.120. The summed E-state index contributed by atoms with van der Waals surface area (Å²) >= 11 is 0. The van der Waals surface area contributed by atoms with E-state index in [1.165, 1.54) is 12.4 Å². The normalized spacial score (nSPS) is 9.56. The zero-order valence-electron chi connectivity index (χ0n) is 8.99. The molecule has 0 aliphatic carbocycles. The third kappa shape index (κ3) is 3.23. The Bertz CT molecular complexity index is 392. The molecular formula is C10H14N4O2. The van der Waals surface area contributed by atoms with E-state index in [1.54, 1.807) is 13.1 Å². The van der Waals surface area contributed by atoms with Crippen molar-refractivity contribution in [2.24, 2.45) is 0 Å². The van der Waals surface area contributed by atoms with Gasteiger partial charge in [0.2, 0.25) is 5.91 Å². The van der Waals surface area contributed by atoms with Gasteiger partial charge in [-0.1, -0.05) is 0 Å². The Morgan fingerprint density at radius 2 is 2.25 bits per heavy atom. The SMILES string of the molecule is CNC(=O)CCNC(=O)c1cnccc1N. The molecule has 6 nitrogen and oxygen atoms in total. The van der Waals surface area contributed by atoms with E-state index in [1.807, 2.05) is 0 Å². The van der Waals surface area contributed by atoms with E-state index >= 15 is 0 Å². The van der Waals surface area contributed by atoms with E-state index in [-0.39, 0.29) is 24.8 Å². The summed E-state index contributed by atoms with van der Waals surface area (Å²) in [6.45, 7) is 0.271. The minimum Gasteiger partial charge on any atom is -0.398 e. The Hall–Kier alpha value is -2.11. The van der Waals surface area contributed by atoms with E-state index < -0.39 is 0 Å². The van der Waals surface area contributed by atoms with Crippen molar-refractivity contribution in [3.05, 3.63) is 24.0 Å². The average Bonchev–Trinajstić information content (AvgIpc) is 2.29. The van der Waals surface area contributed by atoms with Crippen molar-refractivity contribution >= 4 is 17.5 Å². The third-order valence-electron chi connectivity index (χ3n) is 2.02.